The minimum absolute atomic E-state index is 0.0634. The number of rotatable bonds is 7. The molecule has 0 aromatic heterocycles. The standard InChI is InChI=1S/C25H30N2O3/c1-19(2)26-25(29)22-9-11-23(12-10-22)30-18-21-14-16-27(17-15-21)24(28)13-8-20-6-4-3-5-7-20/h3-13,19,21H,14-18H2,1-2H3,(H,26,29). The minimum Gasteiger partial charge on any atom is -0.493 e. The first-order valence-electron chi connectivity index (χ1n) is 10.6. The van der Waals surface area contributed by atoms with Gasteiger partial charge in [0.1, 0.15) is 5.75 Å². The van der Waals surface area contributed by atoms with E-state index in [-0.39, 0.29) is 17.9 Å². The third-order valence-electron chi connectivity index (χ3n) is 5.17. The molecular formula is C25H30N2O3. The van der Waals surface area contributed by atoms with Gasteiger partial charge >= 0.3 is 0 Å². The van der Waals surface area contributed by atoms with Gasteiger partial charge in [0, 0.05) is 30.8 Å². The van der Waals surface area contributed by atoms with Crippen molar-refractivity contribution in [1.29, 1.82) is 0 Å². The number of hydrogen-bond acceptors (Lipinski definition) is 3. The molecule has 0 unspecified atom stereocenters. The van der Waals surface area contributed by atoms with E-state index in [1.807, 2.05) is 67.3 Å². The highest BCUT2D eigenvalue weighted by atomic mass is 16.5. The van der Waals surface area contributed by atoms with Gasteiger partial charge in [-0.05, 0) is 68.5 Å². The van der Waals surface area contributed by atoms with Gasteiger partial charge in [0.05, 0.1) is 6.61 Å². The highest BCUT2D eigenvalue weighted by molar-refractivity contribution is 5.94. The monoisotopic (exact) mass is 406 g/mol. The summed E-state index contributed by atoms with van der Waals surface area (Å²) >= 11 is 0. The summed E-state index contributed by atoms with van der Waals surface area (Å²) < 4.78 is 5.91. The number of benzene rings is 2. The quantitative estimate of drug-likeness (QED) is 0.703. The highest BCUT2D eigenvalue weighted by Gasteiger charge is 2.22. The molecule has 3 rings (SSSR count). The number of carbonyl (C=O) groups excluding carboxylic acids is 2. The number of hydrogen-bond donors (Lipinski definition) is 1. The summed E-state index contributed by atoms with van der Waals surface area (Å²) in [6, 6.07) is 17.2. The van der Waals surface area contributed by atoms with Gasteiger partial charge in [-0.3, -0.25) is 9.59 Å². The molecule has 0 aliphatic carbocycles. The van der Waals surface area contributed by atoms with Crippen LogP contribution in [-0.4, -0.2) is 42.5 Å². The SMILES string of the molecule is CC(C)NC(=O)c1ccc(OCC2CCN(C(=O)C=Cc3ccccc3)CC2)cc1. The topological polar surface area (TPSA) is 58.6 Å². The van der Waals surface area contributed by atoms with Crippen LogP contribution in [0.25, 0.3) is 6.08 Å². The normalized spacial score (nSPS) is 14.8. The van der Waals surface area contributed by atoms with E-state index in [2.05, 4.69) is 5.32 Å². The first-order chi connectivity index (χ1) is 14.5. The van der Waals surface area contributed by atoms with Crippen molar-refractivity contribution >= 4 is 17.9 Å². The summed E-state index contributed by atoms with van der Waals surface area (Å²) in [5.74, 6) is 1.18. The molecular weight excluding hydrogens is 376 g/mol. The summed E-state index contributed by atoms with van der Waals surface area (Å²) in [5.41, 5.74) is 1.66. The van der Waals surface area contributed by atoms with E-state index in [1.165, 1.54) is 0 Å². The van der Waals surface area contributed by atoms with E-state index in [0.29, 0.717) is 18.1 Å². The predicted octanol–water partition coefficient (Wildman–Crippen LogP) is 4.16. The van der Waals surface area contributed by atoms with Crippen LogP contribution in [-0.2, 0) is 4.79 Å². The third kappa shape index (κ3) is 6.48. The van der Waals surface area contributed by atoms with Gasteiger partial charge in [0.15, 0.2) is 0 Å². The average molecular weight is 407 g/mol. The van der Waals surface area contributed by atoms with Crippen molar-refractivity contribution < 1.29 is 14.3 Å². The number of likely N-dealkylation sites (tertiary alicyclic amines) is 1. The van der Waals surface area contributed by atoms with Crippen molar-refractivity contribution in [3.8, 4) is 5.75 Å². The van der Waals surface area contributed by atoms with Crippen molar-refractivity contribution in [2.75, 3.05) is 19.7 Å². The number of piperidine rings is 1. The van der Waals surface area contributed by atoms with Crippen LogP contribution in [0.4, 0.5) is 0 Å². The van der Waals surface area contributed by atoms with Crippen molar-refractivity contribution in [1.82, 2.24) is 10.2 Å². The van der Waals surface area contributed by atoms with Crippen molar-refractivity contribution in [2.45, 2.75) is 32.7 Å². The molecule has 0 saturated carbocycles. The van der Waals surface area contributed by atoms with E-state index in [0.717, 1.165) is 37.2 Å². The van der Waals surface area contributed by atoms with Crippen molar-refractivity contribution in [3.05, 3.63) is 71.8 Å². The van der Waals surface area contributed by atoms with Gasteiger partial charge in [-0.25, -0.2) is 0 Å². The smallest absolute Gasteiger partial charge is 0.251 e. The van der Waals surface area contributed by atoms with Crippen LogP contribution in [0.5, 0.6) is 5.75 Å². The minimum atomic E-state index is -0.0742. The number of nitrogens with zero attached hydrogens (tertiary/aromatic N) is 1. The molecule has 2 amide bonds. The molecule has 1 aliphatic rings. The fourth-order valence-electron chi connectivity index (χ4n) is 3.42. The Morgan fingerprint density at radius 3 is 2.37 bits per heavy atom. The second-order valence-corrected chi connectivity index (χ2v) is 7.98. The van der Waals surface area contributed by atoms with E-state index in [9.17, 15) is 9.59 Å². The molecule has 2 aromatic rings. The van der Waals surface area contributed by atoms with E-state index >= 15 is 0 Å². The van der Waals surface area contributed by atoms with Crippen LogP contribution in [0.2, 0.25) is 0 Å². The molecule has 0 atom stereocenters. The van der Waals surface area contributed by atoms with Gasteiger partial charge < -0.3 is 15.0 Å². The lowest BCUT2D eigenvalue weighted by Crippen LogP contribution is -2.38. The fourth-order valence-corrected chi connectivity index (χ4v) is 3.42. The Balaban J connectivity index is 1.41. The van der Waals surface area contributed by atoms with E-state index in [1.54, 1.807) is 18.2 Å². The predicted molar refractivity (Wildman–Crippen MR) is 119 cm³/mol. The summed E-state index contributed by atoms with van der Waals surface area (Å²) in [7, 11) is 0. The lowest BCUT2D eigenvalue weighted by atomic mass is 9.97. The van der Waals surface area contributed by atoms with E-state index in [4.69, 9.17) is 4.74 Å². The second kappa shape index (κ2) is 10.6. The Bertz CT molecular complexity index is 852. The van der Waals surface area contributed by atoms with Gasteiger partial charge in [0.25, 0.3) is 5.91 Å². The lowest BCUT2D eigenvalue weighted by Gasteiger charge is -2.31. The molecule has 158 valence electrons. The summed E-state index contributed by atoms with van der Waals surface area (Å²) in [5, 5.41) is 2.88. The van der Waals surface area contributed by atoms with Crippen molar-refractivity contribution in [2.24, 2.45) is 5.92 Å². The molecule has 5 nitrogen and oxygen atoms in total. The molecule has 0 spiro atoms. The van der Waals surface area contributed by atoms with Gasteiger partial charge in [0.2, 0.25) is 5.91 Å². The fraction of sp³-hybridized carbons (Fsp3) is 0.360. The molecule has 1 N–H and O–H groups in total. The number of amides is 2. The maximum atomic E-state index is 12.4. The molecule has 0 radical (unpaired) electrons. The second-order valence-electron chi connectivity index (χ2n) is 7.98. The van der Waals surface area contributed by atoms with E-state index < -0.39 is 0 Å². The maximum Gasteiger partial charge on any atom is 0.251 e. The van der Waals surface area contributed by atoms with Gasteiger partial charge in [-0.1, -0.05) is 30.3 Å². The Morgan fingerprint density at radius 2 is 1.73 bits per heavy atom. The van der Waals surface area contributed by atoms with Crippen LogP contribution >= 0.6 is 0 Å². The highest BCUT2D eigenvalue weighted by Crippen LogP contribution is 2.20. The zero-order chi connectivity index (χ0) is 21.3. The molecule has 1 heterocycles. The Labute approximate surface area is 178 Å². The van der Waals surface area contributed by atoms with Gasteiger partial charge in [-0.2, -0.15) is 0 Å². The molecule has 1 fully saturated rings. The largest absolute Gasteiger partial charge is 0.493 e. The number of carbonyl (C=O) groups is 2. The Kier molecular flexibility index (Phi) is 7.66. The van der Waals surface area contributed by atoms with Crippen LogP contribution in [0.15, 0.2) is 60.7 Å². The zero-order valence-electron chi connectivity index (χ0n) is 17.7. The third-order valence-corrected chi connectivity index (χ3v) is 5.17. The molecule has 1 aliphatic heterocycles. The molecule has 30 heavy (non-hydrogen) atoms. The average Bonchev–Trinajstić information content (AvgIpc) is 2.77. The van der Waals surface area contributed by atoms with Crippen molar-refractivity contribution in [3.63, 3.8) is 0 Å². The summed E-state index contributed by atoms with van der Waals surface area (Å²) in [6.07, 6.45) is 5.38. The lowest BCUT2D eigenvalue weighted by molar-refractivity contribution is -0.127. The first kappa shape index (κ1) is 21.6. The Hall–Kier alpha value is -3.08. The zero-order valence-corrected chi connectivity index (χ0v) is 17.7. The molecule has 2 aromatic carbocycles. The summed E-state index contributed by atoms with van der Waals surface area (Å²) in [6.45, 7) is 6.00. The van der Waals surface area contributed by atoms with Crippen LogP contribution in [0.3, 0.4) is 0 Å². The maximum absolute atomic E-state index is 12.4. The number of ether oxygens (including phenoxy) is 1. The Morgan fingerprint density at radius 1 is 1.07 bits per heavy atom. The number of nitrogens with one attached hydrogen (secondary N) is 1. The first-order valence-corrected chi connectivity index (χ1v) is 10.6. The van der Waals surface area contributed by atoms with Crippen LogP contribution < -0.4 is 10.1 Å². The van der Waals surface area contributed by atoms with Crippen LogP contribution in [0.1, 0.15) is 42.6 Å². The molecule has 5 heteroatoms. The van der Waals surface area contributed by atoms with Crippen LogP contribution in [0, 0.1) is 5.92 Å². The van der Waals surface area contributed by atoms with Gasteiger partial charge in [-0.15, -0.1) is 0 Å². The summed E-state index contributed by atoms with van der Waals surface area (Å²) in [4.78, 5) is 26.3. The molecule has 0 bridgehead atoms. The molecule has 1 saturated heterocycles.